The molecule has 0 aliphatic rings. The molecule has 0 aliphatic carbocycles. The largest absolute Gasteiger partial charge is 0.329 e. The molecule has 2 amide bonds. The lowest BCUT2D eigenvalue weighted by molar-refractivity contribution is -0.116. The summed E-state index contributed by atoms with van der Waals surface area (Å²) >= 11 is 13.6. The number of fused-ring (bicyclic) bond motifs is 1. The van der Waals surface area contributed by atoms with E-state index in [1.54, 1.807) is 18.2 Å². The second-order valence-corrected chi connectivity index (χ2v) is 10.4. The van der Waals surface area contributed by atoms with E-state index < -0.39 is 0 Å². The van der Waals surface area contributed by atoms with Gasteiger partial charge in [0.05, 0.1) is 26.3 Å². The number of aryl methyl sites for hydroxylation is 2. The van der Waals surface area contributed by atoms with Crippen molar-refractivity contribution >= 4 is 62.3 Å². The van der Waals surface area contributed by atoms with Crippen molar-refractivity contribution < 1.29 is 9.59 Å². The molecule has 0 atom stereocenters. The number of aromatic nitrogens is 2. The number of hydrogen-bond acceptors (Lipinski definition) is 5. The quantitative estimate of drug-likeness (QED) is 0.472. The highest BCUT2D eigenvalue weighted by molar-refractivity contribution is 7.20. The van der Waals surface area contributed by atoms with Crippen LogP contribution in [0.3, 0.4) is 0 Å². The molecule has 2 heterocycles. The van der Waals surface area contributed by atoms with Crippen molar-refractivity contribution in [1.29, 1.82) is 0 Å². The molecule has 0 spiro atoms. The zero-order valence-electron chi connectivity index (χ0n) is 19.0. The number of para-hydroxylation sites is 1. The monoisotopic (exact) mass is 492 g/mol. The summed E-state index contributed by atoms with van der Waals surface area (Å²) in [5.41, 5.74) is 1.82. The molecule has 0 saturated heterocycles. The van der Waals surface area contributed by atoms with Crippen LogP contribution in [0, 0.1) is 13.8 Å². The maximum atomic E-state index is 13.3. The number of nitrogens with one attached hydrogen (secondary N) is 1. The van der Waals surface area contributed by atoms with Crippen LogP contribution in [-0.2, 0) is 10.2 Å². The van der Waals surface area contributed by atoms with Gasteiger partial charge in [0, 0.05) is 17.3 Å². The number of benzene rings is 1. The van der Waals surface area contributed by atoms with Crippen LogP contribution >= 0.6 is 34.5 Å². The molecule has 32 heavy (non-hydrogen) atoms. The summed E-state index contributed by atoms with van der Waals surface area (Å²) in [5.74, 6) is 0.149. The molecule has 2 aromatic heterocycles. The number of nitrogens with zero attached hydrogens (tertiary/aromatic N) is 3. The number of halogens is 2. The predicted octanol–water partition coefficient (Wildman–Crippen LogP) is 6.01. The van der Waals surface area contributed by atoms with Gasteiger partial charge in [-0.1, -0.05) is 50.0 Å². The molecule has 3 rings (SSSR count). The predicted molar refractivity (Wildman–Crippen MR) is 132 cm³/mol. The Hall–Kier alpha value is -2.22. The van der Waals surface area contributed by atoms with Crippen molar-refractivity contribution in [2.24, 2.45) is 0 Å². The fourth-order valence-corrected chi connectivity index (χ4v) is 5.01. The number of likely N-dealkylation sites (N-methyl/N-ethyl adjacent to an activating group) is 1. The minimum atomic E-state index is -0.375. The maximum Gasteiger partial charge on any atom is 0.264 e. The molecule has 0 radical (unpaired) electrons. The minimum absolute atomic E-state index is 0.123. The van der Waals surface area contributed by atoms with Gasteiger partial charge in [-0.05, 0) is 38.5 Å². The van der Waals surface area contributed by atoms with Crippen LogP contribution in [0.5, 0.6) is 0 Å². The normalized spacial score (nSPS) is 11.6. The zero-order chi connectivity index (χ0) is 23.8. The molecule has 1 aromatic carbocycles. The van der Waals surface area contributed by atoms with E-state index in [0.29, 0.717) is 27.2 Å². The second kappa shape index (κ2) is 9.33. The standard InChI is InChI=1S/C23H26Cl2N4O2S/c1-7-29(11-16(30)27-18-14(24)9-8-10-15(18)25)21(31)19-12(2)17-13(3)26-22(23(4,5)6)28-20(17)32-19/h8-10H,7,11H2,1-6H3,(H,27,30). The van der Waals surface area contributed by atoms with E-state index in [1.165, 1.54) is 16.2 Å². The third kappa shape index (κ3) is 4.90. The van der Waals surface area contributed by atoms with Gasteiger partial charge >= 0.3 is 0 Å². The van der Waals surface area contributed by atoms with E-state index in [1.807, 2.05) is 20.8 Å². The number of rotatable bonds is 5. The Balaban J connectivity index is 1.88. The number of hydrogen-bond donors (Lipinski definition) is 1. The molecule has 170 valence electrons. The Labute approximate surface area is 202 Å². The zero-order valence-corrected chi connectivity index (χ0v) is 21.3. The van der Waals surface area contributed by atoms with Crippen LogP contribution in [-0.4, -0.2) is 39.8 Å². The third-order valence-electron chi connectivity index (χ3n) is 5.07. The molecule has 1 N–H and O–H groups in total. The third-order valence-corrected chi connectivity index (χ3v) is 6.87. The summed E-state index contributed by atoms with van der Waals surface area (Å²) in [5, 5.41) is 4.28. The Morgan fingerprint density at radius 3 is 2.31 bits per heavy atom. The van der Waals surface area contributed by atoms with E-state index in [4.69, 9.17) is 28.2 Å². The van der Waals surface area contributed by atoms with Crippen LogP contribution in [0.2, 0.25) is 10.0 Å². The molecule has 9 heteroatoms. The van der Waals surface area contributed by atoms with Gasteiger partial charge in [0.1, 0.15) is 17.2 Å². The number of carbonyl (C=O) groups is 2. The Morgan fingerprint density at radius 2 is 1.75 bits per heavy atom. The summed E-state index contributed by atoms with van der Waals surface area (Å²) in [6.45, 7) is 12.1. The highest BCUT2D eigenvalue weighted by Crippen LogP contribution is 2.34. The minimum Gasteiger partial charge on any atom is -0.329 e. The van der Waals surface area contributed by atoms with Crippen molar-refractivity contribution in [2.75, 3.05) is 18.4 Å². The summed E-state index contributed by atoms with van der Waals surface area (Å²) in [4.78, 5) is 38.2. The second-order valence-electron chi connectivity index (χ2n) is 8.58. The molecule has 3 aromatic rings. The fraction of sp³-hybridized carbons (Fsp3) is 0.391. The smallest absolute Gasteiger partial charge is 0.264 e. The van der Waals surface area contributed by atoms with E-state index in [0.717, 1.165) is 27.3 Å². The lowest BCUT2D eigenvalue weighted by atomic mass is 9.95. The number of carbonyl (C=O) groups excluding carboxylic acids is 2. The maximum absolute atomic E-state index is 13.3. The van der Waals surface area contributed by atoms with Crippen LogP contribution < -0.4 is 5.32 Å². The lowest BCUT2D eigenvalue weighted by Gasteiger charge is -2.20. The van der Waals surface area contributed by atoms with Gasteiger partial charge in [0.2, 0.25) is 5.91 Å². The first-order valence-electron chi connectivity index (χ1n) is 10.2. The van der Waals surface area contributed by atoms with Gasteiger partial charge in [-0.3, -0.25) is 9.59 Å². The fourth-order valence-electron chi connectivity index (χ4n) is 3.32. The highest BCUT2D eigenvalue weighted by Gasteiger charge is 2.26. The first kappa shape index (κ1) is 24.4. The highest BCUT2D eigenvalue weighted by atomic mass is 35.5. The summed E-state index contributed by atoms with van der Waals surface area (Å²) in [7, 11) is 0. The topological polar surface area (TPSA) is 75.2 Å². The van der Waals surface area contributed by atoms with Crippen molar-refractivity contribution in [3.05, 3.63) is 50.2 Å². The van der Waals surface area contributed by atoms with Gasteiger partial charge in [-0.25, -0.2) is 9.97 Å². The number of anilines is 1. The molecular formula is C23H26Cl2N4O2S. The SMILES string of the molecule is CCN(CC(=O)Nc1c(Cl)cccc1Cl)C(=O)c1sc2nc(C(C)(C)C)nc(C)c2c1C. The molecule has 0 fully saturated rings. The van der Waals surface area contributed by atoms with E-state index in [2.05, 4.69) is 31.1 Å². The molecule has 0 bridgehead atoms. The van der Waals surface area contributed by atoms with Crippen LogP contribution in [0.25, 0.3) is 10.2 Å². The van der Waals surface area contributed by atoms with Crippen LogP contribution in [0.4, 0.5) is 5.69 Å². The first-order valence-corrected chi connectivity index (χ1v) is 11.8. The molecule has 0 saturated carbocycles. The van der Waals surface area contributed by atoms with Crippen molar-refractivity contribution in [1.82, 2.24) is 14.9 Å². The summed E-state index contributed by atoms with van der Waals surface area (Å²) in [6.07, 6.45) is 0. The lowest BCUT2D eigenvalue weighted by Crippen LogP contribution is -2.37. The summed E-state index contributed by atoms with van der Waals surface area (Å²) < 4.78 is 0. The van der Waals surface area contributed by atoms with Gasteiger partial charge in [-0.2, -0.15) is 0 Å². The Kier molecular flexibility index (Phi) is 7.12. The average molecular weight is 493 g/mol. The Morgan fingerprint density at radius 1 is 1.12 bits per heavy atom. The van der Waals surface area contributed by atoms with Crippen LogP contribution in [0.1, 0.15) is 54.4 Å². The van der Waals surface area contributed by atoms with Gasteiger partial charge < -0.3 is 10.2 Å². The van der Waals surface area contributed by atoms with Gasteiger partial charge in [0.25, 0.3) is 5.91 Å². The molecular weight excluding hydrogens is 467 g/mol. The van der Waals surface area contributed by atoms with Crippen molar-refractivity contribution in [2.45, 2.75) is 47.0 Å². The number of thiophene rings is 1. The van der Waals surface area contributed by atoms with Gasteiger partial charge in [-0.15, -0.1) is 11.3 Å². The van der Waals surface area contributed by atoms with E-state index in [9.17, 15) is 9.59 Å². The molecule has 0 unspecified atom stereocenters. The van der Waals surface area contributed by atoms with Crippen molar-refractivity contribution in [3.63, 3.8) is 0 Å². The number of amides is 2. The van der Waals surface area contributed by atoms with E-state index >= 15 is 0 Å². The van der Waals surface area contributed by atoms with Crippen molar-refractivity contribution in [3.8, 4) is 0 Å². The average Bonchev–Trinajstić information content (AvgIpc) is 3.05. The van der Waals surface area contributed by atoms with Crippen LogP contribution in [0.15, 0.2) is 18.2 Å². The molecule has 0 aliphatic heterocycles. The summed E-state index contributed by atoms with van der Waals surface area (Å²) in [6, 6.07) is 4.98. The first-order chi connectivity index (χ1) is 14.9. The van der Waals surface area contributed by atoms with Gasteiger partial charge in [0.15, 0.2) is 0 Å². The Bertz CT molecular complexity index is 1180. The van der Waals surface area contributed by atoms with E-state index in [-0.39, 0.29) is 23.8 Å². The molecule has 6 nitrogen and oxygen atoms in total.